The molecule has 0 spiro atoms. The van der Waals surface area contributed by atoms with Crippen LogP contribution in [0.4, 0.5) is 0 Å². The van der Waals surface area contributed by atoms with Crippen LogP contribution in [0, 0.1) is 5.92 Å². The molecular weight excluding hydrogens is 306 g/mol. The standard InChI is InChI=1S/C15H18ClN3O3/c16-11-1-2-14-17-12(8-19(14)7-11)15(22)18-5-3-10(4-6-18)13(21)9-20/h1-2,7-8,10,13,20-21H,3-6,9H2. The molecule has 1 amide bonds. The van der Waals surface area contributed by atoms with E-state index in [2.05, 4.69) is 4.98 Å². The number of carbonyl (C=O) groups excluding carboxylic acids is 1. The van der Waals surface area contributed by atoms with Crippen LogP contribution >= 0.6 is 11.6 Å². The summed E-state index contributed by atoms with van der Waals surface area (Å²) in [5, 5.41) is 19.2. The van der Waals surface area contributed by atoms with E-state index in [1.807, 2.05) is 0 Å². The Balaban J connectivity index is 1.71. The molecule has 0 bridgehead atoms. The molecule has 1 fully saturated rings. The minimum atomic E-state index is -0.699. The first-order valence-electron chi connectivity index (χ1n) is 7.31. The lowest BCUT2D eigenvalue weighted by atomic mass is 9.91. The lowest BCUT2D eigenvalue weighted by molar-refractivity contribution is 0.0178. The fourth-order valence-electron chi connectivity index (χ4n) is 2.87. The quantitative estimate of drug-likeness (QED) is 0.889. The zero-order valence-electron chi connectivity index (χ0n) is 12.0. The number of aliphatic hydroxyl groups excluding tert-OH is 2. The molecular formula is C15H18ClN3O3. The monoisotopic (exact) mass is 323 g/mol. The van der Waals surface area contributed by atoms with Gasteiger partial charge in [-0.25, -0.2) is 4.98 Å². The predicted octanol–water partition coefficient (Wildman–Crippen LogP) is 1.19. The van der Waals surface area contributed by atoms with Crippen molar-refractivity contribution in [3.05, 3.63) is 35.2 Å². The molecule has 0 aliphatic carbocycles. The van der Waals surface area contributed by atoms with Gasteiger partial charge in [0.05, 0.1) is 17.7 Å². The molecule has 0 saturated carbocycles. The van der Waals surface area contributed by atoms with Crippen molar-refractivity contribution in [3.8, 4) is 0 Å². The number of nitrogens with zero attached hydrogens (tertiary/aromatic N) is 3. The molecule has 3 rings (SSSR count). The van der Waals surface area contributed by atoms with Gasteiger partial charge in [0.2, 0.25) is 0 Å². The van der Waals surface area contributed by atoms with Crippen LogP contribution in [-0.4, -0.2) is 56.2 Å². The van der Waals surface area contributed by atoms with Gasteiger partial charge in [-0.15, -0.1) is 0 Å². The van der Waals surface area contributed by atoms with Gasteiger partial charge in [-0.1, -0.05) is 11.6 Å². The molecule has 2 N–H and O–H groups in total. The van der Waals surface area contributed by atoms with Gasteiger partial charge >= 0.3 is 0 Å². The summed E-state index contributed by atoms with van der Waals surface area (Å²) in [6, 6.07) is 3.50. The Morgan fingerprint density at radius 2 is 2.09 bits per heavy atom. The molecule has 1 saturated heterocycles. The van der Waals surface area contributed by atoms with E-state index in [1.165, 1.54) is 0 Å². The maximum absolute atomic E-state index is 12.5. The molecule has 22 heavy (non-hydrogen) atoms. The van der Waals surface area contributed by atoms with E-state index in [1.54, 1.807) is 33.8 Å². The van der Waals surface area contributed by atoms with Crippen molar-refractivity contribution in [3.63, 3.8) is 0 Å². The first-order chi connectivity index (χ1) is 10.6. The van der Waals surface area contributed by atoms with Gasteiger partial charge in [0.25, 0.3) is 5.91 Å². The highest BCUT2D eigenvalue weighted by Crippen LogP contribution is 2.22. The molecule has 2 aromatic heterocycles. The summed E-state index contributed by atoms with van der Waals surface area (Å²) < 4.78 is 1.73. The van der Waals surface area contributed by atoms with Gasteiger partial charge < -0.3 is 19.5 Å². The molecule has 6 nitrogen and oxygen atoms in total. The number of fused-ring (bicyclic) bond motifs is 1. The summed E-state index contributed by atoms with van der Waals surface area (Å²) in [5.41, 5.74) is 1.07. The molecule has 1 aliphatic heterocycles. The summed E-state index contributed by atoms with van der Waals surface area (Å²) in [7, 11) is 0. The highest BCUT2D eigenvalue weighted by atomic mass is 35.5. The lowest BCUT2D eigenvalue weighted by Gasteiger charge is -2.33. The number of likely N-dealkylation sites (tertiary alicyclic amines) is 1. The zero-order valence-corrected chi connectivity index (χ0v) is 12.8. The number of amides is 1. The number of pyridine rings is 1. The van der Waals surface area contributed by atoms with Gasteiger partial charge in [-0.05, 0) is 30.9 Å². The SMILES string of the molecule is O=C(c1cn2cc(Cl)ccc2n1)N1CCC(C(O)CO)CC1. The van der Waals surface area contributed by atoms with E-state index in [0.717, 1.165) is 0 Å². The Labute approximate surface area is 132 Å². The van der Waals surface area contributed by atoms with Crippen LogP contribution in [-0.2, 0) is 0 Å². The first kappa shape index (κ1) is 15.3. The van der Waals surface area contributed by atoms with Crippen molar-refractivity contribution in [2.75, 3.05) is 19.7 Å². The number of halogens is 1. The van der Waals surface area contributed by atoms with Crippen LogP contribution in [0.1, 0.15) is 23.3 Å². The third-order valence-electron chi connectivity index (χ3n) is 4.19. The van der Waals surface area contributed by atoms with Crippen LogP contribution in [0.15, 0.2) is 24.5 Å². The Kier molecular flexibility index (Phi) is 4.33. The number of hydrogen-bond donors (Lipinski definition) is 2. The maximum Gasteiger partial charge on any atom is 0.274 e. The number of aliphatic hydroxyl groups is 2. The van der Waals surface area contributed by atoms with Crippen LogP contribution in [0.5, 0.6) is 0 Å². The topological polar surface area (TPSA) is 78.1 Å². The minimum Gasteiger partial charge on any atom is -0.394 e. The molecule has 1 atom stereocenters. The van der Waals surface area contributed by atoms with Crippen LogP contribution in [0.3, 0.4) is 0 Å². The number of rotatable bonds is 3. The predicted molar refractivity (Wildman–Crippen MR) is 81.9 cm³/mol. The van der Waals surface area contributed by atoms with Gasteiger partial charge in [0, 0.05) is 25.5 Å². The third kappa shape index (κ3) is 2.95. The van der Waals surface area contributed by atoms with E-state index < -0.39 is 6.10 Å². The van der Waals surface area contributed by atoms with Crippen LogP contribution in [0.2, 0.25) is 5.02 Å². The summed E-state index contributed by atoms with van der Waals surface area (Å²) in [6.07, 6.45) is 4.07. The van der Waals surface area contributed by atoms with E-state index in [9.17, 15) is 9.90 Å². The van der Waals surface area contributed by atoms with Crippen molar-refractivity contribution in [1.82, 2.24) is 14.3 Å². The molecule has 7 heteroatoms. The van der Waals surface area contributed by atoms with Crippen molar-refractivity contribution < 1.29 is 15.0 Å². The van der Waals surface area contributed by atoms with Gasteiger partial charge in [-0.2, -0.15) is 0 Å². The summed E-state index contributed by atoms with van der Waals surface area (Å²) in [6.45, 7) is 0.899. The number of aromatic nitrogens is 2. The molecule has 2 aromatic rings. The number of imidazole rings is 1. The van der Waals surface area contributed by atoms with Gasteiger partial charge in [-0.3, -0.25) is 4.79 Å². The Hall–Kier alpha value is -1.63. The number of carbonyl (C=O) groups is 1. The van der Waals surface area contributed by atoms with Crippen molar-refractivity contribution in [1.29, 1.82) is 0 Å². The normalized spacial score (nSPS) is 17.9. The Morgan fingerprint density at radius 3 is 2.77 bits per heavy atom. The van der Waals surface area contributed by atoms with E-state index >= 15 is 0 Å². The fourth-order valence-corrected chi connectivity index (χ4v) is 3.03. The number of piperidine rings is 1. The van der Waals surface area contributed by atoms with Crippen molar-refractivity contribution in [2.45, 2.75) is 18.9 Å². The largest absolute Gasteiger partial charge is 0.394 e. The average Bonchev–Trinajstić information content (AvgIpc) is 2.96. The molecule has 118 valence electrons. The first-order valence-corrected chi connectivity index (χ1v) is 7.68. The summed E-state index contributed by atoms with van der Waals surface area (Å²) in [4.78, 5) is 18.6. The molecule has 0 radical (unpaired) electrons. The second kappa shape index (κ2) is 6.24. The van der Waals surface area contributed by atoms with Crippen LogP contribution < -0.4 is 0 Å². The van der Waals surface area contributed by atoms with E-state index in [0.29, 0.717) is 42.3 Å². The molecule has 1 aliphatic rings. The van der Waals surface area contributed by atoms with E-state index in [4.69, 9.17) is 16.7 Å². The highest BCUT2D eigenvalue weighted by Gasteiger charge is 2.28. The van der Waals surface area contributed by atoms with Crippen molar-refractivity contribution in [2.24, 2.45) is 5.92 Å². The maximum atomic E-state index is 12.5. The second-order valence-electron chi connectivity index (χ2n) is 5.62. The van der Waals surface area contributed by atoms with Crippen LogP contribution in [0.25, 0.3) is 5.65 Å². The summed E-state index contributed by atoms with van der Waals surface area (Å²) in [5.74, 6) is -0.0642. The Bertz CT molecular complexity index is 680. The average molecular weight is 324 g/mol. The highest BCUT2D eigenvalue weighted by molar-refractivity contribution is 6.30. The van der Waals surface area contributed by atoms with Crippen molar-refractivity contribution >= 4 is 23.2 Å². The van der Waals surface area contributed by atoms with Gasteiger partial charge in [0.1, 0.15) is 11.3 Å². The van der Waals surface area contributed by atoms with E-state index in [-0.39, 0.29) is 18.4 Å². The molecule has 0 aromatic carbocycles. The Morgan fingerprint density at radius 1 is 1.36 bits per heavy atom. The second-order valence-corrected chi connectivity index (χ2v) is 6.05. The fraction of sp³-hybridized carbons (Fsp3) is 0.467. The molecule has 1 unspecified atom stereocenters. The minimum absolute atomic E-state index is 0.0499. The lowest BCUT2D eigenvalue weighted by Crippen LogP contribution is -2.42. The summed E-state index contributed by atoms with van der Waals surface area (Å²) >= 11 is 5.93. The number of hydrogen-bond acceptors (Lipinski definition) is 4. The zero-order chi connectivity index (χ0) is 15.7. The smallest absolute Gasteiger partial charge is 0.274 e. The molecule has 3 heterocycles. The third-order valence-corrected chi connectivity index (χ3v) is 4.42. The van der Waals surface area contributed by atoms with Gasteiger partial charge in [0.15, 0.2) is 0 Å².